The van der Waals surface area contributed by atoms with E-state index in [1.165, 1.54) is 0 Å². The molecule has 2 atom stereocenters. The first-order valence-electron chi connectivity index (χ1n) is 7.18. The van der Waals surface area contributed by atoms with Gasteiger partial charge in [0.25, 0.3) is 0 Å². The second kappa shape index (κ2) is 8.69. The van der Waals surface area contributed by atoms with Crippen LogP contribution < -0.4 is 5.32 Å². The van der Waals surface area contributed by atoms with Crippen LogP contribution in [0.2, 0.25) is 0 Å². The first kappa shape index (κ1) is 15.0. The number of aliphatic hydroxyl groups excluding tert-OH is 1. The lowest BCUT2D eigenvalue weighted by atomic mass is 10.0. The second-order valence-corrected chi connectivity index (χ2v) is 5.12. The number of allylic oxidation sites excluding steroid dienone is 3. The Morgan fingerprint density at radius 2 is 2.10 bits per heavy atom. The van der Waals surface area contributed by atoms with E-state index in [9.17, 15) is 5.11 Å². The van der Waals surface area contributed by atoms with E-state index in [1.54, 1.807) is 0 Å². The van der Waals surface area contributed by atoms with Crippen molar-refractivity contribution < 1.29 is 9.84 Å². The van der Waals surface area contributed by atoms with Crippen molar-refractivity contribution in [1.29, 1.82) is 0 Å². The zero-order chi connectivity index (χ0) is 14.0. The average molecular weight is 273 g/mol. The number of nitrogens with one attached hydrogen (secondary N) is 1. The van der Waals surface area contributed by atoms with E-state index in [1.807, 2.05) is 30.3 Å². The van der Waals surface area contributed by atoms with Crippen molar-refractivity contribution in [3.05, 3.63) is 60.2 Å². The third-order valence-corrected chi connectivity index (χ3v) is 3.28. The molecule has 0 spiro atoms. The largest absolute Gasteiger partial charge is 0.389 e. The molecule has 0 aliphatic heterocycles. The van der Waals surface area contributed by atoms with Gasteiger partial charge in [-0.1, -0.05) is 54.6 Å². The fraction of sp³-hybridized carbons (Fsp3) is 0.412. The Bertz CT molecular complexity index is 428. The molecule has 0 fully saturated rings. The molecule has 0 aromatic heterocycles. The number of hydrogen-bond donors (Lipinski definition) is 2. The quantitative estimate of drug-likeness (QED) is 0.763. The Labute approximate surface area is 121 Å². The van der Waals surface area contributed by atoms with Gasteiger partial charge in [0.2, 0.25) is 0 Å². The summed E-state index contributed by atoms with van der Waals surface area (Å²) in [6.07, 6.45) is 9.14. The van der Waals surface area contributed by atoms with Gasteiger partial charge in [0, 0.05) is 13.1 Å². The van der Waals surface area contributed by atoms with Crippen LogP contribution in [-0.2, 0) is 11.3 Å². The summed E-state index contributed by atoms with van der Waals surface area (Å²) < 4.78 is 5.51. The van der Waals surface area contributed by atoms with E-state index in [2.05, 4.69) is 29.6 Å². The van der Waals surface area contributed by atoms with E-state index in [-0.39, 0.29) is 0 Å². The van der Waals surface area contributed by atoms with Gasteiger partial charge in [-0.25, -0.2) is 0 Å². The topological polar surface area (TPSA) is 41.5 Å². The van der Waals surface area contributed by atoms with Crippen molar-refractivity contribution >= 4 is 0 Å². The van der Waals surface area contributed by atoms with Gasteiger partial charge < -0.3 is 15.2 Å². The summed E-state index contributed by atoms with van der Waals surface area (Å²) in [6, 6.07) is 10.0. The zero-order valence-corrected chi connectivity index (χ0v) is 11.7. The van der Waals surface area contributed by atoms with Crippen molar-refractivity contribution in [1.82, 2.24) is 5.32 Å². The van der Waals surface area contributed by atoms with Crippen molar-refractivity contribution in [3.8, 4) is 0 Å². The van der Waals surface area contributed by atoms with Crippen LogP contribution in [0, 0.1) is 5.92 Å². The fourth-order valence-electron chi connectivity index (χ4n) is 2.16. The Morgan fingerprint density at radius 1 is 1.25 bits per heavy atom. The molecule has 20 heavy (non-hydrogen) atoms. The highest BCUT2D eigenvalue weighted by atomic mass is 16.5. The average Bonchev–Trinajstić information content (AvgIpc) is 2.49. The summed E-state index contributed by atoms with van der Waals surface area (Å²) in [5, 5.41) is 13.1. The molecule has 2 rings (SSSR count). The minimum Gasteiger partial charge on any atom is -0.389 e. The van der Waals surface area contributed by atoms with E-state index in [0.29, 0.717) is 25.7 Å². The van der Waals surface area contributed by atoms with Gasteiger partial charge in [0.05, 0.1) is 19.3 Å². The standard InChI is InChI=1S/C17H23NO2/c19-17(12-18-11-15-7-3-1-4-8-15)14-20-13-16-9-5-2-6-10-16/h1-7,9-10,15,17-19H,8,11-14H2. The SMILES string of the molecule is OC(CNCC1C=CC=CC1)COCc1ccccc1. The van der Waals surface area contributed by atoms with Crippen molar-refractivity contribution in [2.45, 2.75) is 19.1 Å². The van der Waals surface area contributed by atoms with E-state index in [4.69, 9.17) is 4.74 Å². The van der Waals surface area contributed by atoms with E-state index >= 15 is 0 Å². The molecule has 108 valence electrons. The molecule has 0 saturated carbocycles. The summed E-state index contributed by atoms with van der Waals surface area (Å²) in [5.74, 6) is 0.539. The molecular weight excluding hydrogens is 250 g/mol. The molecule has 0 saturated heterocycles. The van der Waals surface area contributed by atoms with Crippen molar-refractivity contribution in [2.24, 2.45) is 5.92 Å². The van der Waals surface area contributed by atoms with Crippen LogP contribution in [0.25, 0.3) is 0 Å². The van der Waals surface area contributed by atoms with Crippen LogP contribution in [0.15, 0.2) is 54.6 Å². The second-order valence-electron chi connectivity index (χ2n) is 5.12. The van der Waals surface area contributed by atoms with Gasteiger partial charge in [0.15, 0.2) is 0 Å². The van der Waals surface area contributed by atoms with Gasteiger partial charge in [-0.15, -0.1) is 0 Å². The first-order chi connectivity index (χ1) is 9.84. The highest BCUT2D eigenvalue weighted by molar-refractivity contribution is 5.13. The third kappa shape index (κ3) is 5.70. The molecule has 3 nitrogen and oxygen atoms in total. The predicted octanol–water partition coefficient (Wildman–Crippen LogP) is 2.29. The number of rotatable bonds is 8. The number of ether oxygens (including phenoxy) is 1. The molecule has 2 unspecified atom stereocenters. The van der Waals surface area contributed by atoms with Crippen LogP contribution in [-0.4, -0.2) is 30.9 Å². The first-order valence-corrected chi connectivity index (χ1v) is 7.18. The minimum atomic E-state index is -0.457. The Kier molecular flexibility index (Phi) is 6.51. The molecule has 0 radical (unpaired) electrons. The number of benzene rings is 1. The zero-order valence-electron chi connectivity index (χ0n) is 11.7. The smallest absolute Gasteiger partial charge is 0.0897 e. The van der Waals surface area contributed by atoms with Crippen LogP contribution in [0.5, 0.6) is 0 Å². The Balaban J connectivity index is 1.53. The summed E-state index contributed by atoms with van der Waals surface area (Å²) in [5.41, 5.74) is 1.13. The van der Waals surface area contributed by atoms with E-state index in [0.717, 1.165) is 18.5 Å². The Hall–Kier alpha value is -1.42. The highest BCUT2D eigenvalue weighted by Gasteiger charge is 2.07. The van der Waals surface area contributed by atoms with Crippen molar-refractivity contribution in [3.63, 3.8) is 0 Å². The number of hydrogen-bond acceptors (Lipinski definition) is 3. The molecule has 1 aliphatic rings. The summed E-state index contributed by atoms with van der Waals surface area (Å²) in [7, 11) is 0. The van der Waals surface area contributed by atoms with E-state index < -0.39 is 6.10 Å². The van der Waals surface area contributed by atoms with Crippen LogP contribution >= 0.6 is 0 Å². The molecule has 1 aromatic carbocycles. The molecule has 0 amide bonds. The number of aliphatic hydroxyl groups is 1. The Morgan fingerprint density at radius 3 is 2.85 bits per heavy atom. The molecule has 0 bridgehead atoms. The summed E-state index contributed by atoms with van der Waals surface area (Å²) in [6.45, 7) is 2.38. The van der Waals surface area contributed by atoms with Gasteiger partial charge in [-0.3, -0.25) is 0 Å². The molecule has 2 N–H and O–H groups in total. The predicted molar refractivity (Wildman–Crippen MR) is 81.4 cm³/mol. The van der Waals surface area contributed by atoms with Gasteiger partial charge in [-0.2, -0.15) is 0 Å². The lowest BCUT2D eigenvalue weighted by Crippen LogP contribution is -2.33. The maximum atomic E-state index is 9.84. The van der Waals surface area contributed by atoms with Gasteiger partial charge >= 0.3 is 0 Å². The van der Waals surface area contributed by atoms with Crippen molar-refractivity contribution in [2.75, 3.05) is 19.7 Å². The normalized spacial score (nSPS) is 19.1. The summed E-state index contributed by atoms with van der Waals surface area (Å²) in [4.78, 5) is 0. The van der Waals surface area contributed by atoms with Crippen LogP contribution in [0.1, 0.15) is 12.0 Å². The minimum absolute atomic E-state index is 0.363. The van der Waals surface area contributed by atoms with Crippen LogP contribution in [0.4, 0.5) is 0 Å². The maximum absolute atomic E-state index is 9.84. The molecule has 1 aromatic rings. The van der Waals surface area contributed by atoms with Gasteiger partial charge in [0.1, 0.15) is 0 Å². The highest BCUT2D eigenvalue weighted by Crippen LogP contribution is 2.09. The fourth-order valence-corrected chi connectivity index (χ4v) is 2.16. The third-order valence-electron chi connectivity index (χ3n) is 3.28. The molecule has 3 heteroatoms. The lowest BCUT2D eigenvalue weighted by molar-refractivity contribution is 0.0287. The summed E-state index contributed by atoms with van der Waals surface area (Å²) >= 11 is 0. The monoisotopic (exact) mass is 273 g/mol. The van der Waals surface area contributed by atoms with Crippen LogP contribution in [0.3, 0.4) is 0 Å². The molecule has 1 aliphatic carbocycles. The maximum Gasteiger partial charge on any atom is 0.0897 e. The van der Waals surface area contributed by atoms with Gasteiger partial charge in [-0.05, 0) is 17.9 Å². The molecule has 0 heterocycles. The lowest BCUT2D eigenvalue weighted by Gasteiger charge is -2.16. The molecular formula is C17H23NO2.